The van der Waals surface area contributed by atoms with Crippen molar-refractivity contribution in [2.24, 2.45) is 0 Å². The number of imidazole rings is 1. The number of thiol groups is 1. The third-order valence-corrected chi connectivity index (χ3v) is 3.55. The lowest BCUT2D eigenvalue weighted by molar-refractivity contribution is 1.06. The Balaban J connectivity index is 2.61. The summed E-state index contributed by atoms with van der Waals surface area (Å²) < 4.78 is 3.17. The highest BCUT2D eigenvalue weighted by molar-refractivity contribution is 14.1. The highest BCUT2D eigenvalue weighted by Crippen LogP contribution is 2.18. The fraction of sp³-hybridized carbons (Fsp3) is 0.222. The molecule has 0 aromatic carbocycles. The topological polar surface area (TPSA) is 17.3 Å². The molecule has 5 heteroatoms. The molecule has 0 unspecified atom stereocenters. The monoisotopic (exact) mass is 338 g/mol. The molecule has 2 aromatic heterocycles. The van der Waals surface area contributed by atoms with Crippen LogP contribution in [0.1, 0.15) is 5.69 Å². The second-order valence-electron chi connectivity index (χ2n) is 2.90. The smallest absolute Gasteiger partial charge is 0.139 e. The van der Waals surface area contributed by atoms with Crippen LogP contribution in [-0.4, -0.2) is 15.1 Å². The maximum absolute atomic E-state index is 5.89. The van der Waals surface area contributed by atoms with E-state index >= 15 is 0 Å². The van der Waals surface area contributed by atoms with E-state index in [9.17, 15) is 0 Å². The number of hydrogen-bond acceptors (Lipinski definition) is 2. The predicted molar refractivity (Wildman–Crippen MR) is 70.5 cm³/mol. The van der Waals surface area contributed by atoms with Gasteiger partial charge in [-0.3, -0.25) is 4.40 Å². The van der Waals surface area contributed by atoms with E-state index < -0.39 is 0 Å². The van der Waals surface area contributed by atoms with Gasteiger partial charge in [0.1, 0.15) is 9.35 Å². The van der Waals surface area contributed by atoms with Gasteiger partial charge in [-0.1, -0.05) is 11.6 Å². The van der Waals surface area contributed by atoms with Crippen LogP contribution in [0.4, 0.5) is 0 Å². The highest BCUT2D eigenvalue weighted by atomic mass is 127. The SMILES string of the molecule is SCCc1nc2cc(Cl)ccn2c1I. The summed E-state index contributed by atoms with van der Waals surface area (Å²) in [4.78, 5) is 4.48. The van der Waals surface area contributed by atoms with Crippen LogP contribution < -0.4 is 0 Å². The van der Waals surface area contributed by atoms with Crippen molar-refractivity contribution < 1.29 is 0 Å². The van der Waals surface area contributed by atoms with E-state index in [-0.39, 0.29) is 0 Å². The first-order valence-electron chi connectivity index (χ1n) is 4.15. The molecule has 2 nitrogen and oxygen atoms in total. The van der Waals surface area contributed by atoms with Gasteiger partial charge in [0.2, 0.25) is 0 Å². The molecule has 0 aliphatic rings. The Morgan fingerprint density at radius 3 is 3.07 bits per heavy atom. The third-order valence-electron chi connectivity index (χ3n) is 1.94. The number of aromatic nitrogens is 2. The number of pyridine rings is 1. The van der Waals surface area contributed by atoms with E-state index in [2.05, 4.69) is 40.2 Å². The van der Waals surface area contributed by atoms with Crippen molar-refractivity contribution in [1.29, 1.82) is 0 Å². The average Bonchev–Trinajstić information content (AvgIpc) is 2.44. The van der Waals surface area contributed by atoms with Gasteiger partial charge in [-0.25, -0.2) is 4.98 Å². The first-order valence-corrected chi connectivity index (χ1v) is 6.24. The van der Waals surface area contributed by atoms with Gasteiger partial charge in [0.05, 0.1) is 5.69 Å². The summed E-state index contributed by atoms with van der Waals surface area (Å²) in [6.07, 6.45) is 2.83. The normalized spacial score (nSPS) is 11.1. The lowest BCUT2D eigenvalue weighted by atomic mass is 10.4. The molecule has 0 fully saturated rings. The molecule has 74 valence electrons. The summed E-state index contributed by atoms with van der Waals surface area (Å²) in [5, 5.41) is 0.719. The van der Waals surface area contributed by atoms with Crippen LogP contribution in [0.3, 0.4) is 0 Å². The maximum Gasteiger partial charge on any atom is 0.139 e. The first kappa shape index (κ1) is 10.6. The van der Waals surface area contributed by atoms with Gasteiger partial charge in [-0.15, -0.1) is 0 Å². The van der Waals surface area contributed by atoms with E-state index in [0.717, 1.165) is 32.2 Å². The zero-order valence-corrected chi connectivity index (χ0v) is 11.1. The fourth-order valence-corrected chi connectivity index (χ4v) is 2.47. The number of rotatable bonds is 2. The largest absolute Gasteiger partial charge is 0.295 e. The van der Waals surface area contributed by atoms with E-state index in [4.69, 9.17) is 11.6 Å². The molecule has 0 radical (unpaired) electrons. The highest BCUT2D eigenvalue weighted by Gasteiger charge is 2.08. The zero-order valence-electron chi connectivity index (χ0n) is 7.24. The molecule has 2 heterocycles. The van der Waals surface area contributed by atoms with E-state index in [1.807, 2.05) is 22.7 Å². The van der Waals surface area contributed by atoms with Crippen LogP contribution in [0, 0.1) is 3.70 Å². The number of halogens is 2. The maximum atomic E-state index is 5.89. The Kier molecular flexibility index (Phi) is 3.23. The Bertz CT molecular complexity index is 469. The van der Waals surface area contributed by atoms with Crippen LogP contribution in [0.25, 0.3) is 5.65 Å². The first-order chi connectivity index (χ1) is 6.72. The minimum absolute atomic E-state index is 0.719. The molecular formula is C9H8ClIN2S. The Labute approximate surface area is 106 Å². The summed E-state index contributed by atoms with van der Waals surface area (Å²) >= 11 is 12.4. The second-order valence-corrected chi connectivity index (χ2v) is 4.80. The van der Waals surface area contributed by atoms with Crippen molar-refractivity contribution in [2.45, 2.75) is 6.42 Å². The van der Waals surface area contributed by atoms with Gasteiger partial charge < -0.3 is 0 Å². The van der Waals surface area contributed by atoms with Gasteiger partial charge in [0, 0.05) is 23.7 Å². The van der Waals surface area contributed by atoms with Crippen LogP contribution in [0.15, 0.2) is 18.3 Å². The molecule has 0 atom stereocenters. The summed E-state index contributed by atoms with van der Waals surface area (Å²) in [6.45, 7) is 0. The van der Waals surface area contributed by atoms with Crippen molar-refractivity contribution in [3.05, 3.63) is 32.7 Å². The molecule has 2 rings (SSSR count). The van der Waals surface area contributed by atoms with Crippen LogP contribution in [-0.2, 0) is 6.42 Å². The van der Waals surface area contributed by atoms with Gasteiger partial charge in [-0.2, -0.15) is 12.6 Å². The van der Waals surface area contributed by atoms with E-state index in [1.165, 1.54) is 0 Å². The standard InChI is InChI=1S/C9H8ClIN2S/c10-6-1-3-13-8(5-6)12-7(2-4-14)9(13)11/h1,3,5,14H,2,4H2. The molecule has 0 aliphatic heterocycles. The van der Waals surface area contributed by atoms with Crippen molar-refractivity contribution in [1.82, 2.24) is 9.38 Å². The predicted octanol–water partition coefficient (Wildman–Crippen LogP) is 3.06. The molecule has 0 amide bonds. The van der Waals surface area contributed by atoms with Crippen molar-refractivity contribution in [3.8, 4) is 0 Å². The van der Waals surface area contributed by atoms with Crippen molar-refractivity contribution in [3.63, 3.8) is 0 Å². The summed E-state index contributed by atoms with van der Waals surface area (Å²) in [5.41, 5.74) is 1.99. The average molecular weight is 339 g/mol. The van der Waals surface area contributed by atoms with Gasteiger partial charge in [-0.05, 0) is 34.4 Å². The van der Waals surface area contributed by atoms with Crippen LogP contribution >= 0.6 is 46.8 Å². The van der Waals surface area contributed by atoms with Gasteiger partial charge >= 0.3 is 0 Å². The Hall–Kier alpha value is 0.0600. The number of nitrogens with zero attached hydrogens (tertiary/aromatic N) is 2. The summed E-state index contributed by atoms with van der Waals surface area (Å²) in [7, 11) is 0. The summed E-state index contributed by atoms with van der Waals surface area (Å²) in [5.74, 6) is 0.813. The molecule has 0 N–H and O–H groups in total. The van der Waals surface area contributed by atoms with Gasteiger partial charge in [0.15, 0.2) is 0 Å². The lowest BCUT2D eigenvalue weighted by Gasteiger charge is -1.95. The lowest BCUT2D eigenvalue weighted by Crippen LogP contribution is -1.90. The molecule has 0 aliphatic carbocycles. The van der Waals surface area contributed by atoms with Gasteiger partial charge in [0.25, 0.3) is 0 Å². The van der Waals surface area contributed by atoms with E-state index in [1.54, 1.807) is 0 Å². The number of aryl methyl sites for hydroxylation is 1. The number of hydrogen-bond donors (Lipinski definition) is 1. The molecule has 0 saturated heterocycles. The Morgan fingerprint density at radius 1 is 1.57 bits per heavy atom. The molecule has 0 spiro atoms. The number of fused-ring (bicyclic) bond motifs is 1. The molecular weight excluding hydrogens is 331 g/mol. The minimum Gasteiger partial charge on any atom is -0.295 e. The third kappa shape index (κ3) is 1.87. The zero-order chi connectivity index (χ0) is 10.1. The molecule has 14 heavy (non-hydrogen) atoms. The van der Waals surface area contributed by atoms with Crippen molar-refractivity contribution in [2.75, 3.05) is 5.75 Å². The fourth-order valence-electron chi connectivity index (χ4n) is 1.30. The Morgan fingerprint density at radius 2 is 2.36 bits per heavy atom. The molecule has 0 bridgehead atoms. The minimum atomic E-state index is 0.719. The second kappa shape index (κ2) is 4.28. The van der Waals surface area contributed by atoms with Crippen LogP contribution in [0.5, 0.6) is 0 Å². The summed E-state index contributed by atoms with van der Waals surface area (Å²) in [6, 6.07) is 3.73. The van der Waals surface area contributed by atoms with E-state index in [0.29, 0.717) is 0 Å². The molecule has 0 saturated carbocycles. The van der Waals surface area contributed by atoms with Crippen molar-refractivity contribution >= 4 is 52.5 Å². The van der Waals surface area contributed by atoms with Crippen LogP contribution in [0.2, 0.25) is 5.02 Å². The quantitative estimate of drug-likeness (QED) is 0.658. The molecule has 2 aromatic rings.